The number of hydrogen-bond acceptors (Lipinski definition) is 1. The SMILES string of the molecule is Cc1ccc(CCN(C)C(=O)Cl)cc1. The molecule has 0 aliphatic rings. The van der Waals surface area contributed by atoms with Crippen LogP contribution in [0.1, 0.15) is 11.1 Å². The van der Waals surface area contributed by atoms with Crippen molar-refractivity contribution >= 4 is 17.0 Å². The van der Waals surface area contributed by atoms with Crippen molar-refractivity contribution in [3.8, 4) is 0 Å². The lowest BCUT2D eigenvalue weighted by atomic mass is 10.1. The number of aryl methyl sites for hydroxylation is 1. The van der Waals surface area contributed by atoms with Gasteiger partial charge < -0.3 is 4.90 Å². The van der Waals surface area contributed by atoms with Crippen LogP contribution >= 0.6 is 11.6 Å². The third-order valence-corrected chi connectivity index (χ3v) is 2.45. The third-order valence-electron chi connectivity index (χ3n) is 2.16. The zero-order valence-electron chi connectivity index (χ0n) is 8.46. The molecule has 0 saturated carbocycles. The fourth-order valence-electron chi connectivity index (χ4n) is 1.14. The van der Waals surface area contributed by atoms with E-state index in [2.05, 4.69) is 31.2 Å². The predicted octanol–water partition coefficient (Wildman–Crippen LogP) is 2.83. The maximum Gasteiger partial charge on any atom is 0.316 e. The molecule has 0 radical (unpaired) electrons. The second-order valence-corrected chi connectivity index (χ2v) is 3.73. The van der Waals surface area contributed by atoms with Gasteiger partial charge in [-0.2, -0.15) is 0 Å². The van der Waals surface area contributed by atoms with Gasteiger partial charge in [-0.1, -0.05) is 29.8 Å². The Morgan fingerprint density at radius 2 is 1.93 bits per heavy atom. The first kappa shape index (κ1) is 11.1. The van der Waals surface area contributed by atoms with Gasteiger partial charge in [-0.05, 0) is 30.5 Å². The standard InChI is InChI=1S/C11H14ClNO/c1-9-3-5-10(6-4-9)7-8-13(2)11(12)14/h3-6H,7-8H2,1-2H3. The van der Waals surface area contributed by atoms with Gasteiger partial charge in [0.05, 0.1) is 0 Å². The molecule has 1 amide bonds. The monoisotopic (exact) mass is 211 g/mol. The highest BCUT2D eigenvalue weighted by Gasteiger charge is 2.03. The van der Waals surface area contributed by atoms with E-state index in [0.29, 0.717) is 6.54 Å². The molecule has 0 saturated heterocycles. The summed E-state index contributed by atoms with van der Waals surface area (Å²) in [6.07, 6.45) is 0.842. The number of benzene rings is 1. The van der Waals surface area contributed by atoms with Gasteiger partial charge >= 0.3 is 5.37 Å². The van der Waals surface area contributed by atoms with Crippen molar-refractivity contribution in [3.63, 3.8) is 0 Å². The Labute approximate surface area is 89.5 Å². The van der Waals surface area contributed by atoms with Crippen LogP contribution in [0.2, 0.25) is 0 Å². The molecule has 1 rings (SSSR count). The Morgan fingerprint density at radius 3 is 2.43 bits per heavy atom. The summed E-state index contributed by atoms with van der Waals surface area (Å²) < 4.78 is 0. The number of carbonyl (C=O) groups excluding carboxylic acids is 1. The molecule has 2 nitrogen and oxygen atoms in total. The van der Waals surface area contributed by atoms with Crippen LogP contribution in [0.25, 0.3) is 0 Å². The van der Waals surface area contributed by atoms with E-state index in [4.69, 9.17) is 11.6 Å². The highest BCUT2D eigenvalue weighted by molar-refractivity contribution is 6.62. The van der Waals surface area contributed by atoms with E-state index < -0.39 is 5.37 Å². The maximum atomic E-state index is 10.7. The van der Waals surface area contributed by atoms with Gasteiger partial charge in [0.2, 0.25) is 0 Å². The van der Waals surface area contributed by atoms with Crippen molar-refractivity contribution in [2.75, 3.05) is 13.6 Å². The van der Waals surface area contributed by atoms with E-state index in [0.717, 1.165) is 6.42 Å². The average Bonchev–Trinajstić information content (AvgIpc) is 2.16. The van der Waals surface area contributed by atoms with Crippen molar-refractivity contribution in [1.82, 2.24) is 4.90 Å². The minimum absolute atomic E-state index is 0.405. The minimum Gasteiger partial charge on any atom is -0.332 e. The van der Waals surface area contributed by atoms with E-state index in [1.807, 2.05) is 0 Å². The van der Waals surface area contributed by atoms with Gasteiger partial charge in [-0.15, -0.1) is 0 Å². The highest BCUT2D eigenvalue weighted by Crippen LogP contribution is 2.05. The quantitative estimate of drug-likeness (QED) is 0.556. The molecule has 0 fully saturated rings. The number of carbonyl (C=O) groups is 1. The lowest BCUT2D eigenvalue weighted by Crippen LogP contribution is -2.23. The molecule has 14 heavy (non-hydrogen) atoms. The van der Waals surface area contributed by atoms with Gasteiger partial charge in [0.1, 0.15) is 0 Å². The fourth-order valence-corrected chi connectivity index (χ4v) is 1.22. The van der Waals surface area contributed by atoms with E-state index in [-0.39, 0.29) is 0 Å². The number of likely N-dealkylation sites (N-methyl/N-ethyl adjacent to an activating group) is 1. The topological polar surface area (TPSA) is 20.3 Å². The lowest BCUT2D eigenvalue weighted by molar-refractivity contribution is 0.232. The lowest BCUT2D eigenvalue weighted by Gasteiger charge is -2.12. The van der Waals surface area contributed by atoms with Crippen LogP contribution in [0.5, 0.6) is 0 Å². The van der Waals surface area contributed by atoms with Crippen LogP contribution in [0.15, 0.2) is 24.3 Å². The molecule has 0 heterocycles. The fraction of sp³-hybridized carbons (Fsp3) is 0.364. The van der Waals surface area contributed by atoms with Gasteiger partial charge in [0.15, 0.2) is 0 Å². The van der Waals surface area contributed by atoms with Crippen LogP contribution in [-0.2, 0) is 6.42 Å². The van der Waals surface area contributed by atoms with Crippen LogP contribution in [0.3, 0.4) is 0 Å². The van der Waals surface area contributed by atoms with Crippen molar-refractivity contribution in [2.45, 2.75) is 13.3 Å². The van der Waals surface area contributed by atoms with E-state index in [9.17, 15) is 4.79 Å². The number of hydrogen-bond donors (Lipinski definition) is 0. The number of rotatable bonds is 3. The summed E-state index contributed by atoms with van der Waals surface area (Å²) >= 11 is 5.31. The molecular weight excluding hydrogens is 198 g/mol. The van der Waals surface area contributed by atoms with Gasteiger partial charge in [0, 0.05) is 13.6 Å². The van der Waals surface area contributed by atoms with Crippen molar-refractivity contribution < 1.29 is 4.79 Å². The van der Waals surface area contributed by atoms with Crippen LogP contribution in [0.4, 0.5) is 4.79 Å². The molecule has 1 aromatic carbocycles. The van der Waals surface area contributed by atoms with Gasteiger partial charge in [-0.3, -0.25) is 4.79 Å². The molecule has 0 aliphatic heterocycles. The molecule has 0 unspecified atom stereocenters. The number of amides is 1. The van der Waals surface area contributed by atoms with Crippen LogP contribution in [0, 0.1) is 6.92 Å². The molecule has 3 heteroatoms. The van der Waals surface area contributed by atoms with Crippen molar-refractivity contribution in [3.05, 3.63) is 35.4 Å². The number of halogens is 1. The predicted molar refractivity (Wildman–Crippen MR) is 58.8 cm³/mol. The van der Waals surface area contributed by atoms with Crippen LogP contribution < -0.4 is 0 Å². The Hall–Kier alpha value is -1.02. The molecule has 76 valence electrons. The minimum atomic E-state index is -0.405. The van der Waals surface area contributed by atoms with Crippen molar-refractivity contribution in [1.29, 1.82) is 0 Å². The Morgan fingerprint density at radius 1 is 1.36 bits per heavy atom. The first-order valence-corrected chi connectivity index (χ1v) is 4.93. The molecule has 0 aliphatic carbocycles. The van der Waals surface area contributed by atoms with Gasteiger partial charge in [0.25, 0.3) is 0 Å². The number of nitrogens with zero attached hydrogens (tertiary/aromatic N) is 1. The van der Waals surface area contributed by atoms with E-state index in [1.165, 1.54) is 16.0 Å². The zero-order chi connectivity index (χ0) is 10.6. The molecule has 0 aromatic heterocycles. The van der Waals surface area contributed by atoms with E-state index >= 15 is 0 Å². The molecular formula is C11H14ClNO. The molecule has 1 aromatic rings. The Kier molecular flexibility index (Phi) is 3.96. The van der Waals surface area contributed by atoms with Gasteiger partial charge in [-0.25, -0.2) is 0 Å². The first-order valence-electron chi connectivity index (χ1n) is 4.56. The summed E-state index contributed by atoms with van der Waals surface area (Å²) in [6, 6.07) is 8.28. The van der Waals surface area contributed by atoms with E-state index in [1.54, 1.807) is 7.05 Å². The summed E-state index contributed by atoms with van der Waals surface area (Å²) in [5.74, 6) is 0. The Balaban J connectivity index is 2.46. The van der Waals surface area contributed by atoms with Crippen molar-refractivity contribution in [2.24, 2.45) is 0 Å². The van der Waals surface area contributed by atoms with Crippen LogP contribution in [-0.4, -0.2) is 23.9 Å². The summed E-state index contributed by atoms with van der Waals surface area (Å²) in [7, 11) is 1.70. The second-order valence-electron chi connectivity index (χ2n) is 3.41. The summed E-state index contributed by atoms with van der Waals surface area (Å²) in [5, 5.41) is -0.405. The smallest absolute Gasteiger partial charge is 0.316 e. The molecule has 0 spiro atoms. The molecule has 0 N–H and O–H groups in total. The summed E-state index contributed by atoms with van der Waals surface area (Å²) in [5.41, 5.74) is 2.47. The Bertz CT molecular complexity index is 308. The summed E-state index contributed by atoms with van der Waals surface area (Å²) in [6.45, 7) is 2.71. The largest absolute Gasteiger partial charge is 0.332 e. The molecule has 0 bridgehead atoms. The highest BCUT2D eigenvalue weighted by atomic mass is 35.5. The molecule has 0 atom stereocenters. The third kappa shape index (κ3) is 3.38. The summed E-state index contributed by atoms with van der Waals surface area (Å²) in [4.78, 5) is 12.2. The average molecular weight is 212 g/mol. The normalized spacial score (nSPS) is 9.93. The zero-order valence-corrected chi connectivity index (χ0v) is 9.21. The maximum absolute atomic E-state index is 10.7. The second kappa shape index (κ2) is 5.01. The first-order chi connectivity index (χ1) is 6.59.